The van der Waals surface area contributed by atoms with Crippen molar-refractivity contribution in [1.82, 2.24) is 8.87 Å². The minimum absolute atomic E-state index is 0.0290. The van der Waals surface area contributed by atoms with Crippen molar-refractivity contribution >= 4 is 21.6 Å². The number of carbonyl (C=O) groups excluding carboxylic acids is 1. The zero-order valence-electron chi connectivity index (χ0n) is 16.2. The Hall–Kier alpha value is -2.53. The molecule has 1 heterocycles. The number of sulfonamides is 1. The molecule has 0 bridgehead atoms. The molecule has 7 nitrogen and oxygen atoms in total. The van der Waals surface area contributed by atoms with Gasteiger partial charge in [-0.15, -0.1) is 0 Å². The topological polar surface area (TPSA) is 80.6 Å². The maximum Gasteiger partial charge on any atom is 0.422 e. The monoisotopic (exact) mass is 433 g/mol. The number of hydrogen-bond acceptors (Lipinski definition) is 4. The number of nitrogens with zero attached hydrogens (tertiary/aromatic N) is 2. The molecule has 2 rings (SSSR count). The lowest BCUT2D eigenvalue weighted by molar-refractivity contribution is -0.153. The number of halogens is 3. The van der Waals surface area contributed by atoms with Crippen LogP contribution in [0.2, 0.25) is 0 Å². The lowest BCUT2D eigenvalue weighted by atomic mass is 10.2. The zero-order chi connectivity index (χ0) is 21.8. The number of para-hydroxylation sites is 2. The summed E-state index contributed by atoms with van der Waals surface area (Å²) < 4.78 is 69.8. The number of ether oxygens (including phenoxy) is 1. The molecule has 0 spiro atoms. The molecule has 0 radical (unpaired) electrons. The van der Waals surface area contributed by atoms with Crippen molar-refractivity contribution in [2.75, 3.05) is 25.0 Å². The fraction of sp³-hybridized carbons (Fsp3) is 0.389. The van der Waals surface area contributed by atoms with Crippen LogP contribution in [0.15, 0.2) is 41.4 Å². The smallest absolute Gasteiger partial charge is 0.422 e. The van der Waals surface area contributed by atoms with Crippen molar-refractivity contribution in [2.45, 2.75) is 24.9 Å². The van der Waals surface area contributed by atoms with E-state index < -0.39 is 28.7 Å². The van der Waals surface area contributed by atoms with Crippen molar-refractivity contribution in [3.8, 4) is 5.75 Å². The number of aromatic nitrogens is 1. The van der Waals surface area contributed by atoms with Crippen LogP contribution in [0.3, 0.4) is 0 Å². The summed E-state index contributed by atoms with van der Waals surface area (Å²) >= 11 is 0. The fourth-order valence-electron chi connectivity index (χ4n) is 2.66. The molecule has 0 atom stereocenters. The Balaban J connectivity index is 2.26. The van der Waals surface area contributed by atoms with Gasteiger partial charge in [-0.25, -0.2) is 8.42 Å². The Labute approximate surface area is 167 Å². The predicted molar refractivity (Wildman–Crippen MR) is 101 cm³/mol. The largest absolute Gasteiger partial charge is 0.482 e. The highest BCUT2D eigenvalue weighted by molar-refractivity contribution is 7.89. The van der Waals surface area contributed by atoms with E-state index in [4.69, 9.17) is 4.74 Å². The summed E-state index contributed by atoms with van der Waals surface area (Å²) in [6.07, 6.45) is -3.21. The summed E-state index contributed by atoms with van der Waals surface area (Å²) in [6.45, 7) is 2.46. The van der Waals surface area contributed by atoms with Crippen molar-refractivity contribution in [3.63, 3.8) is 0 Å². The van der Waals surface area contributed by atoms with Crippen LogP contribution < -0.4 is 10.1 Å². The van der Waals surface area contributed by atoms with E-state index in [1.165, 1.54) is 52.4 Å². The Morgan fingerprint density at radius 2 is 1.83 bits per heavy atom. The highest BCUT2D eigenvalue weighted by Crippen LogP contribution is 2.27. The number of carbonyl (C=O) groups is 1. The van der Waals surface area contributed by atoms with Crippen LogP contribution in [0.25, 0.3) is 0 Å². The highest BCUT2D eigenvalue weighted by atomic mass is 32.2. The normalized spacial score (nSPS) is 12.2. The van der Waals surface area contributed by atoms with Gasteiger partial charge in [-0.1, -0.05) is 26.0 Å². The molecule has 0 fully saturated rings. The Morgan fingerprint density at radius 1 is 1.21 bits per heavy atom. The summed E-state index contributed by atoms with van der Waals surface area (Å²) in [5, 5.41) is 2.47. The van der Waals surface area contributed by atoms with Gasteiger partial charge in [0.25, 0.3) is 5.91 Å². The van der Waals surface area contributed by atoms with Crippen LogP contribution in [0, 0.1) is 0 Å². The standard InChI is InChI=1S/C18H22F3N3O4S/c1-4-24(5-2)29(26,27)13-10-15(23(3)11-13)17(25)22-14-8-6-7-9-16(14)28-12-18(19,20)21/h6-11H,4-5,12H2,1-3H3,(H,22,25). The quantitative estimate of drug-likeness (QED) is 0.693. The molecule has 160 valence electrons. The number of nitrogens with one attached hydrogen (secondary N) is 1. The Bertz CT molecular complexity index is 967. The summed E-state index contributed by atoms with van der Waals surface area (Å²) in [5.41, 5.74) is 0.0671. The molecule has 11 heteroatoms. The number of rotatable bonds is 8. The molecule has 2 aromatic rings. The van der Waals surface area contributed by atoms with Gasteiger partial charge in [0, 0.05) is 26.3 Å². The van der Waals surface area contributed by atoms with E-state index >= 15 is 0 Å². The zero-order valence-corrected chi connectivity index (χ0v) is 17.0. The minimum atomic E-state index is -4.52. The van der Waals surface area contributed by atoms with Gasteiger partial charge in [0.1, 0.15) is 16.3 Å². The summed E-state index contributed by atoms with van der Waals surface area (Å²) in [7, 11) is -2.26. The van der Waals surface area contributed by atoms with Gasteiger partial charge in [0.2, 0.25) is 10.0 Å². The summed E-state index contributed by atoms with van der Waals surface area (Å²) in [6, 6.07) is 6.90. The maximum atomic E-state index is 12.6. The average Bonchev–Trinajstić information content (AvgIpc) is 3.04. The SMILES string of the molecule is CCN(CC)S(=O)(=O)c1cc(C(=O)Nc2ccccc2OCC(F)(F)F)n(C)c1. The first-order valence-electron chi connectivity index (χ1n) is 8.76. The van der Waals surface area contributed by atoms with Crippen molar-refractivity contribution in [2.24, 2.45) is 7.05 Å². The number of hydrogen-bond donors (Lipinski definition) is 1. The van der Waals surface area contributed by atoms with E-state index in [-0.39, 0.29) is 35.1 Å². The van der Waals surface area contributed by atoms with Crippen LogP contribution in [0.4, 0.5) is 18.9 Å². The number of aryl methyl sites for hydroxylation is 1. The molecule has 0 aliphatic carbocycles. The first-order valence-corrected chi connectivity index (χ1v) is 10.2. The third-order valence-corrected chi connectivity index (χ3v) is 6.10. The number of alkyl halides is 3. The molecule has 1 N–H and O–H groups in total. The van der Waals surface area contributed by atoms with Gasteiger partial charge in [-0.05, 0) is 18.2 Å². The number of benzene rings is 1. The second-order valence-corrected chi connectivity index (χ2v) is 8.05. The van der Waals surface area contributed by atoms with Crippen LogP contribution in [0.1, 0.15) is 24.3 Å². The fourth-order valence-corrected chi connectivity index (χ4v) is 4.19. The van der Waals surface area contributed by atoms with E-state index in [2.05, 4.69) is 5.32 Å². The van der Waals surface area contributed by atoms with Gasteiger partial charge >= 0.3 is 6.18 Å². The summed E-state index contributed by atoms with van der Waals surface area (Å²) in [5.74, 6) is -0.833. The van der Waals surface area contributed by atoms with E-state index in [1.54, 1.807) is 13.8 Å². The first kappa shape index (κ1) is 22.8. The minimum Gasteiger partial charge on any atom is -0.482 e. The molecule has 0 unspecified atom stereocenters. The van der Waals surface area contributed by atoms with E-state index in [0.29, 0.717) is 0 Å². The van der Waals surface area contributed by atoms with Crippen LogP contribution in [-0.4, -0.2) is 49.1 Å². The van der Waals surface area contributed by atoms with Gasteiger partial charge in [0.05, 0.1) is 5.69 Å². The first-order chi connectivity index (χ1) is 13.5. The third kappa shape index (κ3) is 5.51. The van der Waals surface area contributed by atoms with Crippen molar-refractivity contribution in [1.29, 1.82) is 0 Å². The Kier molecular flexibility index (Phi) is 6.96. The highest BCUT2D eigenvalue weighted by Gasteiger charge is 2.29. The number of anilines is 1. The van der Waals surface area contributed by atoms with Crippen molar-refractivity contribution < 1.29 is 31.1 Å². The predicted octanol–water partition coefficient (Wildman–Crippen LogP) is 3.25. The van der Waals surface area contributed by atoms with Crippen LogP contribution >= 0.6 is 0 Å². The molecule has 1 aromatic heterocycles. The van der Waals surface area contributed by atoms with Gasteiger partial charge in [-0.2, -0.15) is 17.5 Å². The summed E-state index contributed by atoms with van der Waals surface area (Å²) in [4.78, 5) is 12.6. The average molecular weight is 433 g/mol. The van der Waals surface area contributed by atoms with Crippen LogP contribution in [0.5, 0.6) is 5.75 Å². The third-order valence-electron chi connectivity index (χ3n) is 4.08. The van der Waals surface area contributed by atoms with Crippen molar-refractivity contribution in [3.05, 3.63) is 42.2 Å². The molecule has 0 saturated carbocycles. The lowest BCUT2D eigenvalue weighted by Crippen LogP contribution is -2.30. The van der Waals surface area contributed by atoms with Gasteiger partial charge in [-0.3, -0.25) is 4.79 Å². The second-order valence-electron chi connectivity index (χ2n) is 6.12. The maximum absolute atomic E-state index is 12.6. The van der Waals surface area contributed by atoms with Gasteiger partial charge < -0.3 is 14.6 Å². The molecule has 0 aliphatic heterocycles. The second kappa shape index (κ2) is 8.87. The lowest BCUT2D eigenvalue weighted by Gasteiger charge is -2.17. The molecule has 29 heavy (non-hydrogen) atoms. The number of amides is 1. The molecule has 0 aliphatic rings. The van der Waals surface area contributed by atoms with Gasteiger partial charge in [0.15, 0.2) is 6.61 Å². The van der Waals surface area contributed by atoms with E-state index in [9.17, 15) is 26.4 Å². The van der Waals surface area contributed by atoms with E-state index in [0.717, 1.165) is 0 Å². The van der Waals surface area contributed by atoms with E-state index in [1.807, 2.05) is 0 Å². The molecule has 0 saturated heterocycles. The molecular formula is C18H22F3N3O4S. The molecule has 1 amide bonds. The molecular weight excluding hydrogens is 411 g/mol. The van der Waals surface area contributed by atoms with Crippen LogP contribution in [-0.2, 0) is 17.1 Å². The molecule has 1 aromatic carbocycles. The Morgan fingerprint density at radius 3 is 2.41 bits per heavy atom.